The molecule has 0 amide bonds. The number of ether oxygens (including phenoxy) is 2. The van der Waals surface area contributed by atoms with E-state index in [0.29, 0.717) is 51.6 Å². The minimum absolute atomic E-state index is 0.289. The molecule has 1 aliphatic heterocycles. The van der Waals surface area contributed by atoms with Crippen molar-refractivity contribution in [2.75, 3.05) is 44.7 Å². The summed E-state index contributed by atoms with van der Waals surface area (Å²) in [6.45, 7) is 18.7. The third kappa shape index (κ3) is 13.0. The number of nitrogens with one attached hydrogen (secondary N) is 1. The van der Waals surface area contributed by atoms with Crippen LogP contribution >= 0.6 is 0 Å². The Morgan fingerprint density at radius 2 is 1.81 bits per heavy atom. The molecule has 1 atom stereocenters. The van der Waals surface area contributed by atoms with Gasteiger partial charge in [0.1, 0.15) is 18.0 Å². The predicted octanol–water partition coefficient (Wildman–Crippen LogP) is 7.59. The van der Waals surface area contributed by atoms with E-state index in [1.165, 1.54) is 16.8 Å². The molecule has 0 spiro atoms. The minimum atomic E-state index is -0.927. The summed E-state index contributed by atoms with van der Waals surface area (Å²) in [5.41, 5.74) is 5.70. The minimum Gasteiger partial charge on any atom is -0.489 e. The molecule has 2 aromatic carbocycles. The molecule has 264 valence electrons. The van der Waals surface area contributed by atoms with Crippen LogP contribution in [0.25, 0.3) is 0 Å². The highest BCUT2D eigenvalue weighted by molar-refractivity contribution is 5.86. The number of carbonyl (C=O) groups excluding carboxylic acids is 1. The summed E-state index contributed by atoms with van der Waals surface area (Å²) in [7, 11) is 1.99. The molecule has 0 aliphatic carbocycles. The summed E-state index contributed by atoms with van der Waals surface area (Å²) >= 11 is 0. The fourth-order valence-electron chi connectivity index (χ4n) is 5.89. The van der Waals surface area contributed by atoms with Gasteiger partial charge in [-0.2, -0.15) is 0 Å². The first-order chi connectivity index (χ1) is 23.1. The van der Waals surface area contributed by atoms with Gasteiger partial charge >= 0.3 is 5.97 Å². The van der Waals surface area contributed by atoms with Gasteiger partial charge in [-0.05, 0) is 78.2 Å². The Balaban J connectivity index is 0.00000392. The highest BCUT2D eigenvalue weighted by atomic mass is 16.5. The number of allylic oxidation sites excluding steroid dienone is 2. The van der Waals surface area contributed by atoms with Crippen molar-refractivity contribution in [1.82, 2.24) is 10.2 Å². The SMILES string of the molecule is CC.CCC(CCNCC1=CCN(C(C)C)c2cccc(OCc3ccccc3)c2CC1)(CN(C)C/C(C)=C/C=C(\C)C(=O)O)OC=O. The van der Waals surface area contributed by atoms with Gasteiger partial charge in [-0.25, -0.2) is 4.79 Å². The molecule has 8 nitrogen and oxygen atoms in total. The van der Waals surface area contributed by atoms with Crippen molar-refractivity contribution in [3.63, 3.8) is 0 Å². The summed E-state index contributed by atoms with van der Waals surface area (Å²) in [6.07, 6.45) is 8.99. The average Bonchev–Trinajstić information content (AvgIpc) is 3.07. The highest BCUT2D eigenvalue weighted by Gasteiger charge is 2.31. The number of likely N-dealkylation sites (N-methyl/N-ethyl adjacent to an activating group) is 1. The second kappa shape index (κ2) is 21.2. The van der Waals surface area contributed by atoms with Gasteiger partial charge in [0.25, 0.3) is 6.47 Å². The number of hydrogen-bond acceptors (Lipinski definition) is 7. The lowest BCUT2D eigenvalue weighted by Gasteiger charge is -2.35. The van der Waals surface area contributed by atoms with E-state index in [-0.39, 0.29) is 5.57 Å². The number of hydrogen-bond donors (Lipinski definition) is 2. The zero-order valence-electron chi connectivity index (χ0n) is 30.6. The molecule has 48 heavy (non-hydrogen) atoms. The summed E-state index contributed by atoms with van der Waals surface area (Å²) < 4.78 is 12.1. The smallest absolute Gasteiger partial charge is 0.331 e. The maximum atomic E-state index is 11.6. The fourth-order valence-corrected chi connectivity index (χ4v) is 5.89. The van der Waals surface area contributed by atoms with Gasteiger partial charge in [-0.15, -0.1) is 0 Å². The first-order valence-electron chi connectivity index (χ1n) is 17.4. The monoisotopic (exact) mass is 661 g/mol. The van der Waals surface area contributed by atoms with Gasteiger partial charge in [0.2, 0.25) is 0 Å². The average molecular weight is 662 g/mol. The first-order valence-corrected chi connectivity index (χ1v) is 17.4. The van der Waals surface area contributed by atoms with E-state index in [1.54, 1.807) is 13.0 Å². The van der Waals surface area contributed by atoms with Crippen molar-refractivity contribution in [2.24, 2.45) is 0 Å². The molecule has 1 heterocycles. The maximum absolute atomic E-state index is 11.6. The van der Waals surface area contributed by atoms with Gasteiger partial charge in [0.15, 0.2) is 0 Å². The van der Waals surface area contributed by atoms with Crippen LogP contribution in [0.2, 0.25) is 0 Å². The van der Waals surface area contributed by atoms with Crippen molar-refractivity contribution in [2.45, 2.75) is 92.4 Å². The largest absolute Gasteiger partial charge is 0.489 e. The number of anilines is 1. The molecule has 0 fully saturated rings. The van der Waals surface area contributed by atoms with Crippen molar-refractivity contribution >= 4 is 18.1 Å². The van der Waals surface area contributed by atoms with E-state index in [0.717, 1.165) is 42.8 Å². The zero-order valence-corrected chi connectivity index (χ0v) is 30.6. The van der Waals surface area contributed by atoms with Gasteiger partial charge in [0.05, 0.1) is 0 Å². The zero-order chi connectivity index (χ0) is 35.5. The number of fused-ring (bicyclic) bond motifs is 1. The summed E-state index contributed by atoms with van der Waals surface area (Å²) in [6, 6.07) is 17.0. The molecule has 1 aliphatic rings. The molecule has 0 saturated heterocycles. The van der Waals surface area contributed by atoms with Crippen molar-refractivity contribution < 1.29 is 24.2 Å². The quantitative estimate of drug-likeness (QED) is 0.0555. The Bertz CT molecular complexity index is 1370. The summed E-state index contributed by atoms with van der Waals surface area (Å²) in [4.78, 5) is 27.2. The van der Waals surface area contributed by atoms with E-state index >= 15 is 0 Å². The van der Waals surface area contributed by atoms with Crippen LogP contribution in [0.15, 0.2) is 83.5 Å². The van der Waals surface area contributed by atoms with E-state index in [9.17, 15) is 9.59 Å². The van der Waals surface area contributed by atoms with Crippen LogP contribution in [-0.4, -0.2) is 73.9 Å². The van der Waals surface area contributed by atoms with Crippen molar-refractivity contribution in [3.8, 4) is 5.75 Å². The Labute approximate surface area is 289 Å². The molecule has 8 heteroatoms. The molecule has 1 unspecified atom stereocenters. The normalized spacial score (nSPS) is 15.0. The third-order valence-corrected chi connectivity index (χ3v) is 8.64. The third-order valence-electron chi connectivity index (χ3n) is 8.64. The second-order valence-corrected chi connectivity index (χ2v) is 12.7. The second-order valence-electron chi connectivity index (χ2n) is 12.7. The Kier molecular flexibility index (Phi) is 17.8. The van der Waals surface area contributed by atoms with Gasteiger partial charge in [0, 0.05) is 55.5 Å². The molecule has 0 aromatic heterocycles. The van der Waals surface area contributed by atoms with Crippen LogP contribution in [-0.2, 0) is 27.4 Å². The standard InChI is InChI=1S/C38H53N3O5.C2H6/c1-7-38(46-28-42,27-40(6)25-30(4)16-17-31(5)37(43)44)21-22-39-24-32-18-19-34-35(41(23-20-32)29(2)3)14-11-15-36(34)45-26-33-12-9-8-10-13-33;1-2/h8-17,20,28-29,39H,7,18-19,21-27H2,1-6H3,(H,43,44);1-2H3/b30-16+,31-17+,32-20?;. The van der Waals surface area contributed by atoms with E-state index in [4.69, 9.17) is 14.6 Å². The number of carbonyl (C=O) groups is 2. The molecule has 2 N–H and O–H groups in total. The van der Waals surface area contributed by atoms with Crippen LogP contribution in [0.5, 0.6) is 5.75 Å². The van der Waals surface area contributed by atoms with E-state index in [2.05, 4.69) is 65.4 Å². The van der Waals surface area contributed by atoms with Crippen LogP contribution in [0, 0.1) is 0 Å². The van der Waals surface area contributed by atoms with Crippen molar-refractivity contribution in [3.05, 3.63) is 94.6 Å². The van der Waals surface area contributed by atoms with Gasteiger partial charge in [-0.1, -0.05) is 86.5 Å². The molecular formula is C40H59N3O5. The molecule has 2 aromatic rings. The molecular weight excluding hydrogens is 602 g/mol. The number of nitrogens with zero attached hydrogens (tertiary/aromatic N) is 2. The topological polar surface area (TPSA) is 91.3 Å². The Morgan fingerprint density at radius 1 is 1.08 bits per heavy atom. The lowest BCUT2D eigenvalue weighted by Crippen LogP contribution is -2.45. The van der Waals surface area contributed by atoms with E-state index in [1.807, 2.05) is 59.0 Å². The van der Waals surface area contributed by atoms with Gasteiger partial charge < -0.3 is 24.8 Å². The molecule has 0 radical (unpaired) electrons. The van der Waals surface area contributed by atoms with Crippen LogP contribution in [0.3, 0.4) is 0 Å². The number of benzene rings is 2. The Morgan fingerprint density at radius 3 is 2.46 bits per heavy atom. The number of aliphatic carboxylic acids is 1. The fraction of sp³-hybridized carbons (Fsp3) is 0.500. The summed E-state index contributed by atoms with van der Waals surface area (Å²) in [5.74, 6) is 0.0197. The lowest BCUT2D eigenvalue weighted by atomic mass is 9.94. The van der Waals surface area contributed by atoms with Crippen LogP contribution < -0.4 is 15.0 Å². The summed E-state index contributed by atoms with van der Waals surface area (Å²) in [5, 5.41) is 12.7. The van der Waals surface area contributed by atoms with Crippen LogP contribution in [0.4, 0.5) is 5.69 Å². The van der Waals surface area contributed by atoms with E-state index < -0.39 is 11.6 Å². The van der Waals surface area contributed by atoms with Crippen LogP contribution in [0.1, 0.15) is 78.9 Å². The van der Waals surface area contributed by atoms with Gasteiger partial charge in [-0.3, -0.25) is 9.69 Å². The van der Waals surface area contributed by atoms with Crippen molar-refractivity contribution in [1.29, 1.82) is 0 Å². The number of carboxylic acid groups (broad SMARTS) is 1. The molecule has 3 rings (SSSR count). The first kappa shape index (κ1) is 40.3. The lowest BCUT2D eigenvalue weighted by molar-refractivity contribution is -0.146. The Hall–Kier alpha value is -3.88. The molecule has 0 bridgehead atoms. The number of carboxylic acids is 1. The number of rotatable bonds is 18. The highest BCUT2D eigenvalue weighted by Crippen LogP contribution is 2.34. The molecule has 0 saturated carbocycles. The predicted molar refractivity (Wildman–Crippen MR) is 198 cm³/mol. The maximum Gasteiger partial charge on any atom is 0.331 e.